The molecule has 0 radical (unpaired) electrons. The van der Waals surface area contributed by atoms with Crippen molar-refractivity contribution in [2.75, 3.05) is 5.73 Å². The molecule has 0 aliphatic rings. The Hall–Kier alpha value is -1.91. The van der Waals surface area contributed by atoms with Gasteiger partial charge in [-0.2, -0.15) is 0 Å². The second kappa shape index (κ2) is 3.10. The van der Waals surface area contributed by atoms with Gasteiger partial charge in [0.2, 0.25) is 0 Å². The van der Waals surface area contributed by atoms with E-state index in [4.69, 9.17) is 5.73 Å². The predicted molar refractivity (Wildman–Crippen MR) is 50.8 cm³/mol. The van der Waals surface area contributed by atoms with Crippen molar-refractivity contribution in [1.29, 1.82) is 0 Å². The van der Waals surface area contributed by atoms with E-state index in [0.717, 1.165) is 0 Å². The first-order valence-corrected chi connectivity index (χ1v) is 4.08. The van der Waals surface area contributed by atoms with E-state index in [9.17, 15) is 4.39 Å². The van der Waals surface area contributed by atoms with E-state index in [2.05, 4.69) is 10.2 Å². The summed E-state index contributed by atoms with van der Waals surface area (Å²) >= 11 is 0. The molecule has 0 saturated heterocycles. The lowest BCUT2D eigenvalue weighted by Gasteiger charge is -2.04. The van der Waals surface area contributed by atoms with Crippen LogP contribution < -0.4 is 5.73 Å². The van der Waals surface area contributed by atoms with E-state index in [1.54, 1.807) is 30.1 Å². The topological polar surface area (TPSA) is 56.7 Å². The fraction of sp³-hybridized carbons (Fsp3) is 0.111. The van der Waals surface area contributed by atoms with Gasteiger partial charge in [-0.3, -0.25) is 0 Å². The zero-order valence-corrected chi connectivity index (χ0v) is 7.61. The molecule has 0 bridgehead atoms. The molecule has 0 aliphatic carbocycles. The molecule has 0 fully saturated rings. The summed E-state index contributed by atoms with van der Waals surface area (Å²) < 4.78 is 14.8. The van der Waals surface area contributed by atoms with Crippen LogP contribution in [0.5, 0.6) is 0 Å². The first-order valence-electron chi connectivity index (χ1n) is 4.08. The smallest absolute Gasteiger partial charge is 0.165 e. The van der Waals surface area contributed by atoms with E-state index < -0.39 is 5.82 Å². The quantitative estimate of drug-likeness (QED) is 0.691. The SMILES string of the molecule is Cn1cnnc1-c1cccc(F)c1N. The fourth-order valence-electron chi connectivity index (χ4n) is 1.26. The van der Waals surface area contributed by atoms with Gasteiger partial charge in [0.1, 0.15) is 12.1 Å². The maximum absolute atomic E-state index is 13.1. The monoisotopic (exact) mass is 192 g/mol. The molecule has 2 aromatic rings. The Balaban J connectivity index is 2.63. The third kappa shape index (κ3) is 1.22. The molecule has 72 valence electrons. The van der Waals surface area contributed by atoms with Gasteiger partial charge in [-0.05, 0) is 12.1 Å². The first kappa shape index (κ1) is 8.68. The lowest BCUT2D eigenvalue weighted by atomic mass is 10.1. The summed E-state index contributed by atoms with van der Waals surface area (Å²) in [4.78, 5) is 0. The highest BCUT2D eigenvalue weighted by Gasteiger charge is 2.10. The average Bonchev–Trinajstić information content (AvgIpc) is 2.57. The summed E-state index contributed by atoms with van der Waals surface area (Å²) in [6, 6.07) is 4.62. The molecule has 0 unspecified atom stereocenters. The van der Waals surface area contributed by atoms with Gasteiger partial charge >= 0.3 is 0 Å². The highest BCUT2D eigenvalue weighted by Crippen LogP contribution is 2.25. The lowest BCUT2D eigenvalue weighted by molar-refractivity contribution is 0.632. The Morgan fingerprint density at radius 3 is 2.86 bits per heavy atom. The van der Waals surface area contributed by atoms with Crippen molar-refractivity contribution in [1.82, 2.24) is 14.8 Å². The third-order valence-corrected chi connectivity index (χ3v) is 2.01. The molecular weight excluding hydrogens is 183 g/mol. The minimum absolute atomic E-state index is 0.101. The van der Waals surface area contributed by atoms with E-state index in [0.29, 0.717) is 11.4 Å². The van der Waals surface area contributed by atoms with Crippen LogP contribution in [0.2, 0.25) is 0 Å². The molecule has 1 aromatic carbocycles. The number of para-hydroxylation sites is 1. The van der Waals surface area contributed by atoms with Gasteiger partial charge in [0.25, 0.3) is 0 Å². The highest BCUT2D eigenvalue weighted by atomic mass is 19.1. The van der Waals surface area contributed by atoms with E-state index in [1.165, 1.54) is 6.07 Å². The molecule has 0 atom stereocenters. The number of benzene rings is 1. The highest BCUT2D eigenvalue weighted by molar-refractivity contribution is 5.71. The first-order chi connectivity index (χ1) is 6.70. The summed E-state index contributed by atoms with van der Waals surface area (Å²) in [5, 5.41) is 7.56. The van der Waals surface area contributed by atoms with Gasteiger partial charge in [0.15, 0.2) is 5.82 Å². The molecule has 0 aliphatic heterocycles. The Morgan fingerprint density at radius 2 is 2.21 bits per heavy atom. The summed E-state index contributed by atoms with van der Waals surface area (Å²) in [5.41, 5.74) is 6.25. The van der Waals surface area contributed by atoms with Crippen LogP contribution in [-0.2, 0) is 7.05 Å². The maximum atomic E-state index is 13.1. The number of halogens is 1. The molecule has 1 aromatic heterocycles. The predicted octanol–water partition coefficient (Wildman–Crippen LogP) is 1.20. The van der Waals surface area contributed by atoms with Gasteiger partial charge in [-0.15, -0.1) is 10.2 Å². The normalized spacial score (nSPS) is 10.4. The van der Waals surface area contributed by atoms with Crippen LogP contribution in [0.25, 0.3) is 11.4 Å². The fourth-order valence-corrected chi connectivity index (χ4v) is 1.26. The number of aromatic nitrogens is 3. The van der Waals surface area contributed by atoms with Gasteiger partial charge in [0, 0.05) is 12.6 Å². The van der Waals surface area contributed by atoms with Crippen molar-refractivity contribution in [2.24, 2.45) is 7.05 Å². The van der Waals surface area contributed by atoms with Crippen LogP contribution >= 0.6 is 0 Å². The van der Waals surface area contributed by atoms with Crippen LogP contribution in [0.3, 0.4) is 0 Å². The molecule has 2 N–H and O–H groups in total. The van der Waals surface area contributed by atoms with Crippen molar-refractivity contribution in [3.05, 3.63) is 30.3 Å². The number of nitrogen functional groups attached to an aromatic ring is 1. The number of aryl methyl sites for hydroxylation is 1. The number of nitrogens with zero attached hydrogens (tertiary/aromatic N) is 3. The number of nitrogens with two attached hydrogens (primary N) is 1. The van der Waals surface area contributed by atoms with Gasteiger partial charge in [-0.1, -0.05) is 6.07 Å². The zero-order chi connectivity index (χ0) is 10.1. The molecule has 2 rings (SSSR count). The summed E-state index contributed by atoms with van der Waals surface area (Å²) in [6.45, 7) is 0. The Labute approximate surface area is 80.2 Å². The standard InChI is InChI=1S/C9H9FN4/c1-14-5-12-13-9(14)6-3-2-4-7(10)8(6)11/h2-5H,11H2,1H3. The number of hydrogen-bond acceptors (Lipinski definition) is 3. The van der Waals surface area contributed by atoms with Crippen LogP contribution in [0, 0.1) is 5.82 Å². The van der Waals surface area contributed by atoms with Crippen molar-refractivity contribution in [3.8, 4) is 11.4 Å². The summed E-state index contributed by atoms with van der Waals surface area (Å²) in [6.07, 6.45) is 1.54. The molecule has 0 amide bonds. The molecule has 0 spiro atoms. The van der Waals surface area contributed by atoms with E-state index in [-0.39, 0.29) is 5.69 Å². The molecule has 0 saturated carbocycles. The van der Waals surface area contributed by atoms with E-state index >= 15 is 0 Å². The molecule has 5 heteroatoms. The molecular formula is C9H9FN4. The van der Waals surface area contributed by atoms with Crippen LogP contribution in [0.15, 0.2) is 24.5 Å². The van der Waals surface area contributed by atoms with Crippen molar-refractivity contribution >= 4 is 5.69 Å². The zero-order valence-electron chi connectivity index (χ0n) is 7.61. The molecule has 1 heterocycles. The van der Waals surface area contributed by atoms with Gasteiger partial charge < -0.3 is 10.3 Å². The Bertz CT molecular complexity index is 464. The molecule has 14 heavy (non-hydrogen) atoms. The number of hydrogen-bond donors (Lipinski definition) is 1. The number of rotatable bonds is 1. The minimum atomic E-state index is -0.439. The van der Waals surface area contributed by atoms with Crippen molar-refractivity contribution < 1.29 is 4.39 Å². The van der Waals surface area contributed by atoms with Crippen molar-refractivity contribution in [2.45, 2.75) is 0 Å². The van der Waals surface area contributed by atoms with Crippen molar-refractivity contribution in [3.63, 3.8) is 0 Å². The minimum Gasteiger partial charge on any atom is -0.396 e. The summed E-state index contributed by atoms with van der Waals surface area (Å²) in [7, 11) is 1.78. The molecule has 4 nitrogen and oxygen atoms in total. The average molecular weight is 192 g/mol. The van der Waals surface area contributed by atoms with Crippen LogP contribution in [0.4, 0.5) is 10.1 Å². The third-order valence-electron chi connectivity index (χ3n) is 2.01. The van der Waals surface area contributed by atoms with Crippen LogP contribution in [0.1, 0.15) is 0 Å². The maximum Gasteiger partial charge on any atom is 0.165 e. The van der Waals surface area contributed by atoms with Crippen LogP contribution in [-0.4, -0.2) is 14.8 Å². The second-order valence-electron chi connectivity index (χ2n) is 2.97. The second-order valence-corrected chi connectivity index (χ2v) is 2.97. The largest absolute Gasteiger partial charge is 0.396 e. The Morgan fingerprint density at radius 1 is 1.43 bits per heavy atom. The Kier molecular flexibility index (Phi) is 1.92. The van der Waals surface area contributed by atoms with Gasteiger partial charge in [0.05, 0.1) is 5.69 Å². The van der Waals surface area contributed by atoms with Gasteiger partial charge in [-0.25, -0.2) is 4.39 Å². The summed E-state index contributed by atoms with van der Waals surface area (Å²) in [5.74, 6) is 0.118. The number of anilines is 1. The van der Waals surface area contributed by atoms with E-state index in [1.807, 2.05) is 0 Å². The lowest BCUT2D eigenvalue weighted by Crippen LogP contribution is -1.98.